The number of nitrogens with one attached hydrogen (secondary N) is 1. The molecule has 2 aromatic carbocycles. The number of amides is 1. The van der Waals surface area contributed by atoms with Crippen molar-refractivity contribution in [2.75, 3.05) is 5.32 Å². The van der Waals surface area contributed by atoms with Crippen LogP contribution in [0.3, 0.4) is 0 Å². The van der Waals surface area contributed by atoms with Crippen LogP contribution in [-0.4, -0.2) is 15.9 Å². The van der Waals surface area contributed by atoms with E-state index < -0.39 is 0 Å². The van der Waals surface area contributed by atoms with E-state index in [1.54, 1.807) is 12.3 Å². The highest BCUT2D eigenvalue weighted by Gasteiger charge is 2.13. The van der Waals surface area contributed by atoms with Crippen molar-refractivity contribution < 1.29 is 4.79 Å². The molecule has 0 atom stereocenters. The molecule has 0 saturated carbocycles. The molecule has 3 aromatic rings. The Balaban J connectivity index is 0.00000109. The average molecular weight is 398 g/mol. The molecule has 0 aliphatic carbocycles. The van der Waals surface area contributed by atoms with E-state index in [0.717, 1.165) is 21.2 Å². The molecule has 1 aromatic heterocycles. The van der Waals surface area contributed by atoms with Crippen LogP contribution in [0.25, 0.3) is 11.1 Å². The zero-order chi connectivity index (χ0) is 18.2. The summed E-state index contributed by atoms with van der Waals surface area (Å²) in [6.07, 6.45) is 3.12. The van der Waals surface area contributed by atoms with Crippen LogP contribution in [0.4, 0.5) is 5.82 Å². The van der Waals surface area contributed by atoms with Gasteiger partial charge in [0.25, 0.3) is 5.91 Å². The number of halogens is 1. The second-order valence-corrected chi connectivity index (χ2v) is 5.98. The first kappa shape index (κ1) is 18.8. The highest BCUT2D eigenvalue weighted by Crippen LogP contribution is 2.27. The van der Waals surface area contributed by atoms with Gasteiger partial charge in [0, 0.05) is 21.8 Å². The summed E-state index contributed by atoms with van der Waals surface area (Å²) >= 11 is 3.41. The molecule has 1 amide bonds. The van der Waals surface area contributed by atoms with Crippen LogP contribution < -0.4 is 5.32 Å². The summed E-state index contributed by atoms with van der Waals surface area (Å²) in [4.78, 5) is 20.8. The molecule has 3 rings (SSSR count). The van der Waals surface area contributed by atoms with Gasteiger partial charge in [-0.2, -0.15) is 0 Å². The minimum Gasteiger partial charge on any atom is -0.306 e. The Morgan fingerprint density at radius 2 is 1.72 bits per heavy atom. The standard InChI is InChI=1S/C18H14BrN3O.C2H6/c1-12-4-2-3-5-15(12)18(23)22-17-16(10-20-11-21-17)13-6-8-14(19)9-7-13;1-2/h2-11H,1H3,(H,20,21,22,23);1-2H3. The summed E-state index contributed by atoms with van der Waals surface area (Å²) in [5.41, 5.74) is 3.27. The molecule has 0 spiro atoms. The van der Waals surface area contributed by atoms with Gasteiger partial charge < -0.3 is 5.32 Å². The van der Waals surface area contributed by atoms with E-state index in [4.69, 9.17) is 0 Å². The van der Waals surface area contributed by atoms with Crippen LogP contribution in [0.2, 0.25) is 0 Å². The zero-order valence-electron chi connectivity index (χ0n) is 14.5. The molecule has 128 valence electrons. The molecular formula is C20H20BrN3O. The molecule has 1 N–H and O–H groups in total. The molecule has 0 saturated heterocycles. The van der Waals surface area contributed by atoms with Gasteiger partial charge in [0.15, 0.2) is 0 Å². The molecule has 0 unspecified atom stereocenters. The average Bonchev–Trinajstić information content (AvgIpc) is 2.65. The van der Waals surface area contributed by atoms with E-state index in [1.807, 2.05) is 63.2 Å². The molecule has 0 radical (unpaired) electrons. The molecule has 25 heavy (non-hydrogen) atoms. The quantitative estimate of drug-likeness (QED) is 0.635. The van der Waals surface area contributed by atoms with Gasteiger partial charge in [0.05, 0.1) is 0 Å². The van der Waals surface area contributed by atoms with Crippen molar-refractivity contribution in [2.24, 2.45) is 0 Å². The number of aromatic nitrogens is 2. The number of rotatable bonds is 3. The van der Waals surface area contributed by atoms with Gasteiger partial charge in [-0.25, -0.2) is 9.97 Å². The van der Waals surface area contributed by atoms with Crippen LogP contribution in [0.1, 0.15) is 29.8 Å². The summed E-state index contributed by atoms with van der Waals surface area (Å²) in [6, 6.07) is 15.2. The Bertz CT molecular complexity index is 848. The summed E-state index contributed by atoms with van der Waals surface area (Å²) in [6.45, 7) is 5.91. The SMILES string of the molecule is CC.Cc1ccccc1C(=O)Nc1ncncc1-c1ccc(Br)cc1. The van der Waals surface area contributed by atoms with E-state index in [2.05, 4.69) is 31.2 Å². The summed E-state index contributed by atoms with van der Waals surface area (Å²) in [5, 5.41) is 2.88. The Morgan fingerprint density at radius 3 is 2.40 bits per heavy atom. The Hall–Kier alpha value is -2.53. The Labute approximate surface area is 156 Å². The van der Waals surface area contributed by atoms with Crippen molar-refractivity contribution >= 4 is 27.7 Å². The molecular weight excluding hydrogens is 378 g/mol. The van der Waals surface area contributed by atoms with E-state index in [1.165, 1.54) is 6.33 Å². The molecule has 4 nitrogen and oxygen atoms in total. The van der Waals surface area contributed by atoms with E-state index in [9.17, 15) is 4.79 Å². The van der Waals surface area contributed by atoms with Crippen LogP contribution in [0, 0.1) is 6.92 Å². The highest BCUT2D eigenvalue weighted by atomic mass is 79.9. The fraction of sp³-hybridized carbons (Fsp3) is 0.150. The first-order valence-electron chi connectivity index (χ1n) is 8.08. The maximum absolute atomic E-state index is 12.5. The fourth-order valence-electron chi connectivity index (χ4n) is 2.27. The second kappa shape index (κ2) is 9.08. The molecule has 0 aliphatic heterocycles. The lowest BCUT2D eigenvalue weighted by Crippen LogP contribution is -2.15. The third kappa shape index (κ3) is 4.73. The molecule has 0 bridgehead atoms. The van der Waals surface area contributed by atoms with Gasteiger partial charge in [0.1, 0.15) is 12.1 Å². The monoisotopic (exact) mass is 397 g/mol. The number of anilines is 1. The predicted octanol–water partition coefficient (Wildman–Crippen LogP) is 5.49. The molecule has 0 fully saturated rings. The van der Waals surface area contributed by atoms with Crippen LogP contribution in [-0.2, 0) is 0 Å². The third-order valence-corrected chi connectivity index (χ3v) is 4.02. The summed E-state index contributed by atoms with van der Waals surface area (Å²) < 4.78 is 0.989. The summed E-state index contributed by atoms with van der Waals surface area (Å²) in [5.74, 6) is 0.315. The van der Waals surface area contributed by atoms with E-state index in [0.29, 0.717) is 11.4 Å². The van der Waals surface area contributed by atoms with Crippen molar-refractivity contribution in [1.82, 2.24) is 9.97 Å². The Kier molecular flexibility index (Phi) is 6.83. The smallest absolute Gasteiger partial charge is 0.257 e. The van der Waals surface area contributed by atoms with Crippen LogP contribution in [0.15, 0.2) is 65.5 Å². The second-order valence-electron chi connectivity index (χ2n) is 5.06. The van der Waals surface area contributed by atoms with Crippen molar-refractivity contribution in [3.63, 3.8) is 0 Å². The van der Waals surface area contributed by atoms with Crippen LogP contribution >= 0.6 is 15.9 Å². The minimum atomic E-state index is -0.180. The lowest BCUT2D eigenvalue weighted by molar-refractivity contribution is 0.102. The van der Waals surface area contributed by atoms with E-state index >= 15 is 0 Å². The van der Waals surface area contributed by atoms with Gasteiger partial charge in [-0.3, -0.25) is 4.79 Å². The number of carbonyl (C=O) groups excluding carboxylic acids is 1. The Morgan fingerprint density at radius 1 is 1.04 bits per heavy atom. The topological polar surface area (TPSA) is 54.9 Å². The van der Waals surface area contributed by atoms with Crippen molar-refractivity contribution in [3.8, 4) is 11.1 Å². The number of carbonyl (C=O) groups is 1. The number of benzene rings is 2. The molecule has 5 heteroatoms. The highest BCUT2D eigenvalue weighted by molar-refractivity contribution is 9.10. The predicted molar refractivity (Wildman–Crippen MR) is 106 cm³/mol. The zero-order valence-corrected chi connectivity index (χ0v) is 16.0. The van der Waals surface area contributed by atoms with Gasteiger partial charge in [-0.15, -0.1) is 0 Å². The van der Waals surface area contributed by atoms with Crippen molar-refractivity contribution in [1.29, 1.82) is 0 Å². The third-order valence-electron chi connectivity index (χ3n) is 3.49. The number of aryl methyl sites for hydroxylation is 1. The number of hydrogen-bond donors (Lipinski definition) is 1. The first-order valence-corrected chi connectivity index (χ1v) is 8.87. The van der Waals surface area contributed by atoms with Gasteiger partial charge in [-0.1, -0.05) is 60.1 Å². The van der Waals surface area contributed by atoms with Gasteiger partial charge >= 0.3 is 0 Å². The first-order chi connectivity index (χ1) is 12.1. The summed E-state index contributed by atoms with van der Waals surface area (Å²) in [7, 11) is 0. The maximum Gasteiger partial charge on any atom is 0.257 e. The van der Waals surface area contributed by atoms with Gasteiger partial charge in [-0.05, 0) is 36.2 Å². The van der Waals surface area contributed by atoms with Crippen molar-refractivity contribution in [2.45, 2.75) is 20.8 Å². The normalized spacial score (nSPS) is 9.76. The number of nitrogens with zero attached hydrogens (tertiary/aromatic N) is 2. The lowest BCUT2D eigenvalue weighted by Gasteiger charge is -2.11. The van der Waals surface area contributed by atoms with Gasteiger partial charge in [0.2, 0.25) is 0 Å². The maximum atomic E-state index is 12.5. The number of hydrogen-bond acceptors (Lipinski definition) is 3. The fourth-order valence-corrected chi connectivity index (χ4v) is 2.54. The lowest BCUT2D eigenvalue weighted by atomic mass is 10.1. The van der Waals surface area contributed by atoms with E-state index in [-0.39, 0.29) is 5.91 Å². The van der Waals surface area contributed by atoms with Crippen molar-refractivity contribution in [3.05, 3.63) is 76.7 Å². The van der Waals surface area contributed by atoms with Crippen LogP contribution in [0.5, 0.6) is 0 Å². The molecule has 1 heterocycles. The largest absolute Gasteiger partial charge is 0.306 e. The minimum absolute atomic E-state index is 0.180. The molecule has 0 aliphatic rings.